The summed E-state index contributed by atoms with van der Waals surface area (Å²) in [6.07, 6.45) is 10.5. The first-order valence-corrected chi connectivity index (χ1v) is 11.2. The largest absolute Gasteiger partial charge is 0.339 e. The van der Waals surface area contributed by atoms with Crippen molar-refractivity contribution in [3.05, 3.63) is 54.4 Å². The van der Waals surface area contributed by atoms with Crippen molar-refractivity contribution in [2.75, 3.05) is 39.3 Å². The molecule has 2 aliphatic rings. The summed E-state index contributed by atoms with van der Waals surface area (Å²) in [5.41, 5.74) is 1.87. The maximum Gasteiger partial charge on any atom is 0.246 e. The highest BCUT2D eigenvalue weighted by Gasteiger charge is 2.26. The highest BCUT2D eigenvalue weighted by Crippen LogP contribution is 2.17. The normalized spacial score (nSPS) is 20.4. The number of likely N-dealkylation sites (tertiary alicyclic amines) is 1. The van der Waals surface area contributed by atoms with Gasteiger partial charge >= 0.3 is 0 Å². The first-order chi connectivity index (χ1) is 15.1. The van der Waals surface area contributed by atoms with Gasteiger partial charge in [-0.1, -0.05) is 18.2 Å². The summed E-state index contributed by atoms with van der Waals surface area (Å²) in [7, 11) is 0. The predicted octanol–water partition coefficient (Wildman–Crippen LogP) is 2.43. The maximum absolute atomic E-state index is 12.6. The van der Waals surface area contributed by atoms with Crippen LogP contribution in [0, 0.1) is 0 Å². The summed E-state index contributed by atoms with van der Waals surface area (Å²) >= 11 is 0. The lowest BCUT2D eigenvalue weighted by atomic mass is 10.0. The number of aromatic nitrogens is 2. The maximum atomic E-state index is 12.6. The molecule has 2 aliphatic heterocycles. The number of carbonyl (C=O) groups excluding carboxylic acids is 2. The number of hydrogen-bond acceptors (Lipinski definition) is 4. The van der Waals surface area contributed by atoms with Crippen molar-refractivity contribution in [3.8, 4) is 5.69 Å². The number of piperazine rings is 1. The summed E-state index contributed by atoms with van der Waals surface area (Å²) in [6.45, 7) is 6.25. The molecule has 7 heteroatoms. The van der Waals surface area contributed by atoms with Crippen LogP contribution in [0.15, 0.2) is 48.8 Å². The number of piperidine rings is 1. The number of carbonyl (C=O) groups is 2. The van der Waals surface area contributed by atoms with Gasteiger partial charge in [-0.3, -0.25) is 14.5 Å². The number of benzene rings is 1. The second-order valence-electron chi connectivity index (χ2n) is 8.42. The van der Waals surface area contributed by atoms with Crippen LogP contribution in [-0.4, -0.2) is 81.6 Å². The first kappa shape index (κ1) is 21.3. The molecule has 1 aromatic heterocycles. The first-order valence-electron chi connectivity index (χ1n) is 11.2. The van der Waals surface area contributed by atoms with Crippen molar-refractivity contribution in [2.24, 2.45) is 0 Å². The van der Waals surface area contributed by atoms with Crippen molar-refractivity contribution in [1.82, 2.24) is 24.5 Å². The average molecular weight is 422 g/mol. The molecule has 2 amide bonds. The van der Waals surface area contributed by atoms with Crippen molar-refractivity contribution >= 4 is 17.9 Å². The Hall–Kier alpha value is -2.93. The molecule has 1 atom stereocenters. The number of hydrogen-bond donors (Lipinski definition) is 0. The molecule has 1 unspecified atom stereocenters. The number of nitrogens with zero attached hydrogens (tertiary/aromatic N) is 5. The van der Waals surface area contributed by atoms with Crippen LogP contribution < -0.4 is 0 Å². The second kappa shape index (κ2) is 9.92. The molecule has 3 heterocycles. The van der Waals surface area contributed by atoms with Gasteiger partial charge < -0.3 is 9.80 Å². The summed E-state index contributed by atoms with van der Waals surface area (Å²) in [5.74, 6) is 0.227. The van der Waals surface area contributed by atoms with Gasteiger partial charge in [0.15, 0.2) is 0 Å². The summed E-state index contributed by atoms with van der Waals surface area (Å²) in [5, 5.41) is 4.36. The van der Waals surface area contributed by atoms with Crippen molar-refractivity contribution in [3.63, 3.8) is 0 Å². The summed E-state index contributed by atoms with van der Waals surface area (Å²) < 4.78 is 1.79. The van der Waals surface area contributed by atoms with E-state index in [-0.39, 0.29) is 11.8 Å². The van der Waals surface area contributed by atoms with Gasteiger partial charge in [0.25, 0.3) is 0 Å². The average Bonchev–Trinajstić information content (AvgIpc) is 3.28. The molecule has 31 heavy (non-hydrogen) atoms. The number of para-hydroxylation sites is 1. The van der Waals surface area contributed by atoms with Crippen LogP contribution in [0.2, 0.25) is 0 Å². The molecular formula is C24H31N5O2. The van der Waals surface area contributed by atoms with E-state index >= 15 is 0 Å². The third-order valence-corrected chi connectivity index (χ3v) is 6.21. The van der Waals surface area contributed by atoms with Gasteiger partial charge in [-0.05, 0) is 44.4 Å². The Morgan fingerprint density at radius 2 is 1.84 bits per heavy atom. The van der Waals surface area contributed by atoms with Crippen LogP contribution in [-0.2, 0) is 9.59 Å². The van der Waals surface area contributed by atoms with E-state index in [9.17, 15) is 9.59 Å². The fourth-order valence-corrected chi connectivity index (χ4v) is 4.29. The Labute approximate surface area is 183 Å². The third kappa shape index (κ3) is 5.41. The SMILES string of the molecule is CC1CCCCN1C(=O)CN1CCN(C(=O)/C=C/c2cnn(-c3ccccc3)c2)CC1. The Morgan fingerprint density at radius 3 is 2.58 bits per heavy atom. The standard InChI is InChI=1S/C24H31N5O2/c1-20-7-5-6-12-28(20)24(31)19-26-13-15-27(16-14-26)23(30)11-10-21-17-25-29(18-21)22-8-3-2-4-9-22/h2-4,8-11,17-18,20H,5-7,12-16,19H2,1H3/b11-10+. The van der Waals surface area contributed by atoms with Gasteiger partial charge in [0.1, 0.15) is 0 Å². The van der Waals surface area contributed by atoms with Crippen molar-refractivity contribution in [1.29, 1.82) is 0 Å². The van der Waals surface area contributed by atoms with E-state index in [0.29, 0.717) is 25.7 Å². The molecule has 0 spiro atoms. The molecule has 2 fully saturated rings. The lowest BCUT2D eigenvalue weighted by Crippen LogP contribution is -2.52. The fourth-order valence-electron chi connectivity index (χ4n) is 4.29. The lowest BCUT2D eigenvalue weighted by molar-refractivity contribution is -0.136. The van der Waals surface area contributed by atoms with E-state index in [0.717, 1.165) is 43.7 Å². The van der Waals surface area contributed by atoms with Crippen LogP contribution in [0.4, 0.5) is 0 Å². The minimum atomic E-state index is 0.00286. The molecule has 0 saturated carbocycles. The van der Waals surface area contributed by atoms with Gasteiger partial charge in [0.2, 0.25) is 11.8 Å². The van der Waals surface area contributed by atoms with Crippen molar-refractivity contribution in [2.45, 2.75) is 32.2 Å². The molecule has 0 bridgehead atoms. The van der Waals surface area contributed by atoms with Gasteiger partial charge in [0.05, 0.1) is 18.4 Å². The highest BCUT2D eigenvalue weighted by molar-refractivity contribution is 5.91. The van der Waals surface area contributed by atoms with E-state index in [2.05, 4.69) is 16.9 Å². The van der Waals surface area contributed by atoms with E-state index in [4.69, 9.17) is 0 Å². The topological polar surface area (TPSA) is 61.7 Å². The molecule has 164 valence electrons. The van der Waals surface area contributed by atoms with Crippen LogP contribution in [0.5, 0.6) is 0 Å². The van der Waals surface area contributed by atoms with E-state index in [1.165, 1.54) is 6.42 Å². The van der Waals surface area contributed by atoms with E-state index in [1.54, 1.807) is 17.0 Å². The fraction of sp³-hybridized carbons (Fsp3) is 0.458. The predicted molar refractivity (Wildman–Crippen MR) is 121 cm³/mol. The minimum absolute atomic E-state index is 0.00286. The molecule has 7 nitrogen and oxygen atoms in total. The minimum Gasteiger partial charge on any atom is -0.339 e. The molecule has 0 aliphatic carbocycles. The quantitative estimate of drug-likeness (QED) is 0.696. The molecule has 0 N–H and O–H groups in total. The molecule has 0 radical (unpaired) electrons. The number of rotatable bonds is 5. The van der Waals surface area contributed by atoms with Crippen LogP contribution >= 0.6 is 0 Å². The van der Waals surface area contributed by atoms with Gasteiger partial charge in [-0.15, -0.1) is 0 Å². The molecular weight excluding hydrogens is 390 g/mol. The molecule has 1 aromatic carbocycles. The second-order valence-corrected chi connectivity index (χ2v) is 8.42. The zero-order chi connectivity index (χ0) is 21.6. The van der Waals surface area contributed by atoms with Crippen LogP contribution in [0.25, 0.3) is 11.8 Å². The van der Waals surface area contributed by atoms with Gasteiger partial charge in [-0.25, -0.2) is 4.68 Å². The smallest absolute Gasteiger partial charge is 0.246 e. The Morgan fingerprint density at radius 1 is 1.06 bits per heavy atom. The van der Waals surface area contributed by atoms with Crippen LogP contribution in [0.1, 0.15) is 31.7 Å². The Kier molecular flexibility index (Phi) is 6.82. The zero-order valence-corrected chi connectivity index (χ0v) is 18.2. The Balaban J connectivity index is 1.25. The third-order valence-electron chi connectivity index (χ3n) is 6.21. The van der Waals surface area contributed by atoms with Crippen molar-refractivity contribution < 1.29 is 9.59 Å². The molecule has 2 aromatic rings. The summed E-state index contributed by atoms with van der Waals surface area (Å²) in [4.78, 5) is 31.3. The zero-order valence-electron chi connectivity index (χ0n) is 18.2. The van der Waals surface area contributed by atoms with Gasteiger partial charge in [0, 0.05) is 56.6 Å². The Bertz CT molecular complexity index is 915. The monoisotopic (exact) mass is 421 g/mol. The van der Waals surface area contributed by atoms with Crippen LogP contribution in [0.3, 0.4) is 0 Å². The highest BCUT2D eigenvalue weighted by atomic mass is 16.2. The van der Waals surface area contributed by atoms with E-state index in [1.807, 2.05) is 52.4 Å². The van der Waals surface area contributed by atoms with E-state index < -0.39 is 0 Å². The molecule has 2 saturated heterocycles. The summed E-state index contributed by atoms with van der Waals surface area (Å²) in [6, 6.07) is 10.2. The number of amides is 2. The van der Waals surface area contributed by atoms with Gasteiger partial charge in [-0.2, -0.15) is 5.10 Å². The molecule has 4 rings (SSSR count). The lowest BCUT2D eigenvalue weighted by Gasteiger charge is -2.37.